The summed E-state index contributed by atoms with van der Waals surface area (Å²) >= 11 is 6.09. The number of ether oxygens (including phenoxy) is 2. The molecule has 1 heterocycles. The molecular formula is C31H33ClN4O4. The van der Waals surface area contributed by atoms with Gasteiger partial charge in [-0.15, -0.1) is 0 Å². The minimum absolute atomic E-state index is 0.130. The second-order valence-electron chi connectivity index (χ2n) is 9.89. The number of methoxy groups -OCH3 is 2. The van der Waals surface area contributed by atoms with Gasteiger partial charge < -0.3 is 14.4 Å². The Morgan fingerprint density at radius 1 is 0.975 bits per heavy atom. The number of hydrogen-bond acceptors (Lipinski definition) is 5. The fourth-order valence-corrected chi connectivity index (χ4v) is 4.36. The van der Waals surface area contributed by atoms with E-state index in [4.69, 9.17) is 26.1 Å². The fraction of sp³-hybridized carbons (Fsp3) is 0.258. The van der Waals surface area contributed by atoms with E-state index in [9.17, 15) is 9.59 Å². The van der Waals surface area contributed by atoms with Crippen LogP contribution in [-0.4, -0.2) is 53.6 Å². The maximum atomic E-state index is 13.4. The molecule has 2 amide bonds. The Morgan fingerprint density at radius 3 is 2.17 bits per heavy atom. The molecule has 0 bridgehead atoms. The summed E-state index contributed by atoms with van der Waals surface area (Å²) in [5.41, 5.74) is 3.72. The summed E-state index contributed by atoms with van der Waals surface area (Å²) in [7, 11) is 3.14. The summed E-state index contributed by atoms with van der Waals surface area (Å²) in [5, 5.41) is 3.53. The Hall–Kier alpha value is -4.30. The number of benzene rings is 3. The van der Waals surface area contributed by atoms with Gasteiger partial charge in [-0.05, 0) is 37.1 Å². The van der Waals surface area contributed by atoms with Crippen LogP contribution < -0.4 is 14.8 Å². The Balaban J connectivity index is 1.67. The molecule has 0 aliphatic rings. The van der Waals surface area contributed by atoms with Gasteiger partial charge in [0.05, 0.1) is 25.6 Å². The molecule has 0 saturated heterocycles. The highest BCUT2D eigenvalue weighted by molar-refractivity contribution is 6.30. The molecule has 3 aromatic carbocycles. The first kappa shape index (κ1) is 28.7. The third-order valence-electron chi connectivity index (χ3n) is 6.22. The van der Waals surface area contributed by atoms with Crippen molar-refractivity contribution in [2.45, 2.75) is 20.8 Å². The Labute approximate surface area is 239 Å². The second-order valence-corrected chi connectivity index (χ2v) is 10.3. The van der Waals surface area contributed by atoms with E-state index in [0.717, 1.165) is 11.1 Å². The summed E-state index contributed by atoms with van der Waals surface area (Å²) < 4.78 is 12.7. The van der Waals surface area contributed by atoms with Crippen molar-refractivity contribution in [3.63, 3.8) is 0 Å². The van der Waals surface area contributed by atoms with Crippen LogP contribution in [-0.2, 0) is 4.79 Å². The van der Waals surface area contributed by atoms with Crippen molar-refractivity contribution in [3.05, 3.63) is 89.1 Å². The molecule has 40 heavy (non-hydrogen) atoms. The van der Waals surface area contributed by atoms with Crippen molar-refractivity contribution in [3.8, 4) is 28.4 Å². The van der Waals surface area contributed by atoms with Gasteiger partial charge in [-0.1, -0.05) is 55.3 Å². The third kappa shape index (κ3) is 7.01. The van der Waals surface area contributed by atoms with Gasteiger partial charge in [0.1, 0.15) is 18.0 Å². The first-order chi connectivity index (χ1) is 19.2. The lowest BCUT2D eigenvalue weighted by atomic mass is 10.1. The molecule has 0 radical (unpaired) electrons. The summed E-state index contributed by atoms with van der Waals surface area (Å²) in [6.45, 7) is 6.28. The molecule has 0 unspecified atom stereocenters. The summed E-state index contributed by atoms with van der Waals surface area (Å²) in [4.78, 5) is 33.0. The standard InChI is InChI=1S/C31H33ClN4O4/c1-20(2)17-35(30(38)23-8-6-21(3)7-9-23)19-29(37)34-31-33-28(22-10-12-24(32)13-11-22)18-36(31)25-14-26(39-4)16-27(15-25)40-5/h6-16,18,20H,17,19H2,1-5H3,(H,33,34,37). The average molecular weight is 561 g/mol. The molecule has 0 fully saturated rings. The SMILES string of the molecule is COc1cc(OC)cc(-n2cc(-c3ccc(Cl)cc3)nc2NC(=O)CN(CC(C)C)C(=O)c2ccc(C)cc2)c1. The van der Waals surface area contributed by atoms with Gasteiger partial charge in [-0.2, -0.15) is 0 Å². The van der Waals surface area contributed by atoms with E-state index in [1.165, 1.54) is 0 Å². The molecule has 9 heteroatoms. The Kier molecular flexibility index (Phi) is 9.11. The number of nitrogens with zero attached hydrogens (tertiary/aromatic N) is 3. The van der Waals surface area contributed by atoms with Crippen LogP contribution in [0.1, 0.15) is 29.8 Å². The molecule has 1 N–H and O–H groups in total. The lowest BCUT2D eigenvalue weighted by Gasteiger charge is -2.24. The van der Waals surface area contributed by atoms with Gasteiger partial charge in [-0.25, -0.2) is 4.98 Å². The smallest absolute Gasteiger partial charge is 0.254 e. The van der Waals surface area contributed by atoms with Crippen LogP contribution in [0, 0.1) is 12.8 Å². The first-order valence-corrected chi connectivity index (χ1v) is 13.3. The van der Waals surface area contributed by atoms with Crippen LogP contribution >= 0.6 is 11.6 Å². The van der Waals surface area contributed by atoms with Gasteiger partial charge in [0, 0.05) is 47.1 Å². The zero-order valence-corrected chi connectivity index (χ0v) is 24.0. The largest absolute Gasteiger partial charge is 0.497 e. The van der Waals surface area contributed by atoms with Crippen molar-refractivity contribution in [2.75, 3.05) is 32.6 Å². The first-order valence-electron chi connectivity index (χ1n) is 12.9. The monoisotopic (exact) mass is 560 g/mol. The van der Waals surface area contributed by atoms with Gasteiger partial charge in [-0.3, -0.25) is 19.5 Å². The van der Waals surface area contributed by atoms with Gasteiger partial charge in [0.15, 0.2) is 0 Å². The second kappa shape index (κ2) is 12.7. The van der Waals surface area contributed by atoms with Crippen LogP contribution in [0.2, 0.25) is 5.02 Å². The van der Waals surface area contributed by atoms with Crippen molar-refractivity contribution < 1.29 is 19.1 Å². The lowest BCUT2D eigenvalue weighted by Crippen LogP contribution is -2.40. The fourth-order valence-electron chi connectivity index (χ4n) is 4.23. The number of imidazole rings is 1. The lowest BCUT2D eigenvalue weighted by molar-refractivity contribution is -0.117. The minimum Gasteiger partial charge on any atom is -0.497 e. The third-order valence-corrected chi connectivity index (χ3v) is 6.47. The molecule has 0 spiro atoms. The highest BCUT2D eigenvalue weighted by Gasteiger charge is 2.22. The van der Waals surface area contributed by atoms with E-state index in [1.807, 2.05) is 63.4 Å². The van der Waals surface area contributed by atoms with Crippen LogP contribution in [0.15, 0.2) is 72.9 Å². The maximum Gasteiger partial charge on any atom is 0.254 e. The molecule has 0 aliphatic heterocycles. The molecule has 4 rings (SSSR count). The summed E-state index contributed by atoms with van der Waals surface area (Å²) in [6, 6.07) is 20.0. The van der Waals surface area contributed by atoms with Gasteiger partial charge in [0.2, 0.25) is 11.9 Å². The van der Waals surface area contributed by atoms with E-state index >= 15 is 0 Å². The number of nitrogens with one attached hydrogen (secondary N) is 1. The van der Waals surface area contributed by atoms with Crippen molar-refractivity contribution in [1.82, 2.24) is 14.5 Å². The number of aromatic nitrogens is 2. The number of carbonyl (C=O) groups excluding carboxylic acids is 2. The van der Waals surface area contributed by atoms with E-state index in [0.29, 0.717) is 40.0 Å². The number of carbonyl (C=O) groups is 2. The Bertz CT molecular complexity index is 1460. The van der Waals surface area contributed by atoms with E-state index in [1.54, 1.807) is 54.0 Å². The highest BCUT2D eigenvalue weighted by atomic mass is 35.5. The summed E-state index contributed by atoms with van der Waals surface area (Å²) in [5.74, 6) is 1.06. The predicted octanol–water partition coefficient (Wildman–Crippen LogP) is 6.26. The van der Waals surface area contributed by atoms with E-state index in [-0.39, 0.29) is 30.2 Å². The Morgan fingerprint density at radius 2 is 1.60 bits per heavy atom. The number of hydrogen-bond donors (Lipinski definition) is 1. The molecule has 1 aromatic heterocycles. The highest BCUT2D eigenvalue weighted by Crippen LogP contribution is 2.30. The number of anilines is 1. The van der Waals surface area contributed by atoms with Gasteiger partial charge in [0.25, 0.3) is 5.91 Å². The predicted molar refractivity (Wildman–Crippen MR) is 158 cm³/mol. The molecule has 0 atom stereocenters. The molecule has 208 valence electrons. The number of amides is 2. The molecular weight excluding hydrogens is 528 g/mol. The average Bonchev–Trinajstić information content (AvgIpc) is 3.36. The quantitative estimate of drug-likeness (QED) is 0.247. The van der Waals surface area contributed by atoms with Crippen molar-refractivity contribution in [2.24, 2.45) is 5.92 Å². The van der Waals surface area contributed by atoms with Crippen LogP contribution in [0.25, 0.3) is 16.9 Å². The van der Waals surface area contributed by atoms with Gasteiger partial charge >= 0.3 is 0 Å². The molecule has 0 aliphatic carbocycles. The van der Waals surface area contributed by atoms with Crippen LogP contribution in [0.5, 0.6) is 11.5 Å². The molecule has 0 saturated carbocycles. The van der Waals surface area contributed by atoms with Crippen LogP contribution in [0.3, 0.4) is 0 Å². The van der Waals surface area contributed by atoms with Crippen molar-refractivity contribution in [1.29, 1.82) is 0 Å². The van der Waals surface area contributed by atoms with Crippen molar-refractivity contribution >= 4 is 29.4 Å². The summed E-state index contributed by atoms with van der Waals surface area (Å²) in [6.07, 6.45) is 1.82. The zero-order chi connectivity index (χ0) is 28.8. The maximum absolute atomic E-state index is 13.4. The van der Waals surface area contributed by atoms with Crippen LogP contribution in [0.4, 0.5) is 5.95 Å². The van der Waals surface area contributed by atoms with E-state index < -0.39 is 0 Å². The number of aryl methyl sites for hydroxylation is 1. The minimum atomic E-state index is -0.370. The zero-order valence-electron chi connectivity index (χ0n) is 23.3. The number of rotatable bonds is 10. The number of halogens is 1. The van der Waals surface area contributed by atoms with E-state index in [2.05, 4.69) is 5.32 Å². The molecule has 8 nitrogen and oxygen atoms in total. The topological polar surface area (TPSA) is 85.7 Å². The normalized spacial score (nSPS) is 10.9. The molecule has 4 aromatic rings.